The smallest absolute Gasteiger partial charge is 0.107 e. The molecule has 0 aromatic carbocycles. The third-order valence-electron chi connectivity index (χ3n) is 0. The molecule has 0 rings (SSSR count). The molecule has 5 N–H and O–H groups in total. The van der Waals surface area contributed by atoms with E-state index < -0.39 is 5.72 Å². The van der Waals surface area contributed by atoms with E-state index >= 15 is 0 Å². The summed E-state index contributed by atoms with van der Waals surface area (Å²) in [5, 5.41) is 25.2. The molecule has 0 saturated heterocycles. The summed E-state index contributed by atoms with van der Waals surface area (Å²) in [5.74, 6) is 0. The Morgan fingerprint density at radius 2 is 1.23 bits per heavy atom. The van der Waals surface area contributed by atoms with Gasteiger partial charge in [-0.05, 0) is 13.8 Å². The first-order valence-electron chi connectivity index (χ1n) is 2.37. The molecule has 0 aliphatic carbocycles. The average Bonchev–Trinajstić information content (AvgIpc) is 1.62. The zero-order chi connectivity index (χ0) is 9.91. The van der Waals surface area contributed by atoms with Crippen molar-refractivity contribution in [1.82, 2.24) is 0 Å². The molecular formula is C5H11N4OPdS2-3. The monoisotopic (exact) mass is 313 g/mol. The minimum absolute atomic E-state index is 0. The number of nitriles is 2. The molecule has 13 heavy (non-hydrogen) atoms. The van der Waals surface area contributed by atoms with Crippen LogP contribution in [0.3, 0.4) is 0 Å². The van der Waals surface area contributed by atoms with E-state index in [4.69, 9.17) is 21.4 Å². The Labute approximate surface area is 103 Å². The summed E-state index contributed by atoms with van der Waals surface area (Å²) in [6.45, 7) is 3.04. The summed E-state index contributed by atoms with van der Waals surface area (Å²) in [6.07, 6.45) is 0. The number of aliphatic hydroxyl groups is 1. The van der Waals surface area contributed by atoms with E-state index in [-0.39, 0.29) is 26.6 Å². The van der Waals surface area contributed by atoms with Crippen molar-refractivity contribution >= 4 is 25.3 Å². The number of rotatable bonds is 0. The third-order valence-corrected chi connectivity index (χ3v) is 0. The van der Waals surface area contributed by atoms with Gasteiger partial charge in [-0.3, -0.25) is 0 Å². The van der Waals surface area contributed by atoms with Crippen LogP contribution in [-0.4, -0.2) is 10.8 Å². The third kappa shape index (κ3) is 837000. The van der Waals surface area contributed by atoms with Gasteiger partial charge in [0.15, 0.2) is 0 Å². The number of thiocyanates is 2. The summed E-state index contributed by atoms with van der Waals surface area (Å²) in [6, 6.07) is 0. The fraction of sp³-hybridized carbons (Fsp3) is 0.600. The molecule has 0 bridgehead atoms. The van der Waals surface area contributed by atoms with Crippen molar-refractivity contribution in [2.45, 2.75) is 19.6 Å². The van der Waals surface area contributed by atoms with E-state index in [0.717, 1.165) is 0 Å². The van der Waals surface area contributed by atoms with E-state index in [2.05, 4.69) is 25.3 Å². The van der Waals surface area contributed by atoms with Crippen molar-refractivity contribution in [3.05, 3.63) is 6.15 Å². The van der Waals surface area contributed by atoms with E-state index in [1.54, 1.807) is 0 Å². The van der Waals surface area contributed by atoms with E-state index in [1.165, 1.54) is 24.6 Å². The molecule has 0 heterocycles. The molecule has 0 radical (unpaired) electrons. The zero-order valence-electron chi connectivity index (χ0n) is 7.13. The van der Waals surface area contributed by atoms with Gasteiger partial charge in [-0.1, -0.05) is 10.8 Å². The Kier molecular flexibility index (Phi) is 51.0. The van der Waals surface area contributed by atoms with Crippen molar-refractivity contribution in [1.29, 1.82) is 10.5 Å². The van der Waals surface area contributed by atoms with Gasteiger partial charge in [0.05, 0.1) is 0 Å². The van der Waals surface area contributed by atoms with Crippen LogP contribution in [0.25, 0.3) is 6.15 Å². The van der Waals surface area contributed by atoms with Crippen LogP contribution in [0, 0.1) is 21.3 Å². The summed E-state index contributed by atoms with van der Waals surface area (Å²) in [4.78, 5) is 0. The fourth-order valence-electron chi connectivity index (χ4n) is 0. The van der Waals surface area contributed by atoms with Gasteiger partial charge in [-0.15, -0.1) is 0 Å². The predicted octanol–water partition coefficient (Wildman–Crippen LogP) is 0.417. The van der Waals surface area contributed by atoms with Crippen molar-refractivity contribution in [3.63, 3.8) is 0 Å². The van der Waals surface area contributed by atoms with Gasteiger partial charge in [0.2, 0.25) is 0 Å². The Morgan fingerprint density at radius 1 is 1.23 bits per heavy atom. The second kappa shape index (κ2) is 22.7. The minimum atomic E-state index is -1.00. The van der Waals surface area contributed by atoms with Crippen molar-refractivity contribution in [2.75, 3.05) is 0 Å². The minimum Gasteiger partial charge on any atom is -0.696 e. The molecule has 82 valence electrons. The molecule has 0 aliphatic heterocycles. The topological polar surface area (TPSA) is 127 Å². The van der Waals surface area contributed by atoms with Gasteiger partial charge in [0, 0.05) is 20.4 Å². The maximum absolute atomic E-state index is 8.30. The Hall–Kier alpha value is -0.0377. The Bertz CT molecular complexity index is 130. The summed E-state index contributed by atoms with van der Waals surface area (Å²) in [5.41, 5.74) is 3.91. The van der Waals surface area contributed by atoms with E-state index in [1.807, 2.05) is 0 Å². The van der Waals surface area contributed by atoms with Crippen LogP contribution in [0.4, 0.5) is 0 Å². The first kappa shape index (κ1) is 29.3. The molecule has 0 spiro atoms. The van der Waals surface area contributed by atoms with E-state index in [0.29, 0.717) is 0 Å². The van der Waals surface area contributed by atoms with Crippen LogP contribution >= 0.6 is 0 Å². The molecule has 0 unspecified atom stereocenters. The molecule has 0 atom stereocenters. The number of hydrogen-bond acceptors (Lipinski definition) is 6. The molecule has 5 nitrogen and oxygen atoms in total. The average molecular weight is 314 g/mol. The summed E-state index contributed by atoms with van der Waals surface area (Å²) in [7, 11) is 0. The van der Waals surface area contributed by atoms with Crippen molar-refractivity contribution < 1.29 is 25.5 Å². The molecule has 0 aliphatic rings. The molecule has 0 fully saturated rings. The van der Waals surface area contributed by atoms with Crippen LogP contribution in [0.1, 0.15) is 13.8 Å². The van der Waals surface area contributed by atoms with Crippen LogP contribution < -0.4 is 5.73 Å². The predicted molar refractivity (Wildman–Crippen MR) is 51.7 cm³/mol. The Balaban J connectivity index is -0.0000000240. The van der Waals surface area contributed by atoms with Crippen molar-refractivity contribution in [3.8, 4) is 10.8 Å². The molecule has 0 saturated carbocycles. The van der Waals surface area contributed by atoms with Crippen molar-refractivity contribution in [2.24, 2.45) is 5.73 Å². The molecule has 0 aromatic rings. The second-order valence-electron chi connectivity index (χ2n) is 1.84. The fourth-order valence-corrected chi connectivity index (χ4v) is 0. The summed E-state index contributed by atoms with van der Waals surface area (Å²) >= 11 is 7.40. The van der Waals surface area contributed by atoms with Crippen LogP contribution in [0.2, 0.25) is 0 Å². The first-order chi connectivity index (χ1) is 4.83. The van der Waals surface area contributed by atoms with Gasteiger partial charge >= 0.3 is 0 Å². The number of hydrogen-bond donors (Lipinski definition) is 2. The largest absolute Gasteiger partial charge is 0.696 e. The van der Waals surface area contributed by atoms with Gasteiger partial charge in [0.1, 0.15) is 5.72 Å². The molecule has 0 aromatic heterocycles. The quantitative estimate of drug-likeness (QED) is 0.289. The zero-order valence-corrected chi connectivity index (χ0v) is 10.3. The number of nitrogens with zero attached hydrogens (tertiary/aromatic N) is 2. The van der Waals surface area contributed by atoms with Crippen LogP contribution in [0.5, 0.6) is 0 Å². The Morgan fingerprint density at radius 3 is 1.23 bits per heavy atom. The maximum Gasteiger partial charge on any atom is 0.107 e. The van der Waals surface area contributed by atoms with Crippen LogP contribution in [-0.2, 0) is 45.7 Å². The van der Waals surface area contributed by atoms with Gasteiger partial charge < -0.3 is 42.2 Å². The molecule has 0 amide bonds. The number of nitrogens with two attached hydrogens (primary N) is 2. The standard InChI is InChI=1S/C3H9NO.2CHNS.H2N.Pd/c1-3(2,4)5;2*2-1-3;;/h5H,4H2,1-2H3;2*3H;1H2;/q;;;-1;/p-2. The van der Waals surface area contributed by atoms with Gasteiger partial charge in [-0.25, -0.2) is 10.5 Å². The normalized spacial score (nSPS) is 5.69. The SMILES string of the molecule is CC(C)(N)O.N#C[S-].N#C[S-].[NH2-].[Pd]. The second-order valence-corrected chi connectivity index (χ2v) is 2.20. The van der Waals surface area contributed by atoms with Gasteiger partial charge in [-0.2, -0.15) is 0 Å². The summed E-state index contributed by atoms with van der Waals surface area (Å²) < 4.78 is 0. The molecular weight excluding hydrogens is 303 g/mol. The van der Waals surface area contributed by atoms with Gasteiger partial charge in [0.25, 0.3) is 0 Å². The van der Waals surface area contributed by atoms with Crippen LogP contribution in [0.15, 0.2) is 0 Å². The van der Waals surface area contributed by atoms with E-state index in [9.17, 15) is 0 Å². The maximum atomic E-state index is 8.30. The first-order valence-corrected chi connectivity index (χ1v) is 3.18. The molecule has 8 heteroatoms.